The van der Waals surface area contributed by atoms with Crippen molar-refractivity contribution in [3.63, 3.8) is 0 Å². The van der Waals surface area contributed by atoms with Gasteiger partial charge in [-0.25, -0.2) is 0 Å². The van der Waals surface area contributed by atoms with Crippen molar-refractivity contribution in [3.05, 3.63) is 33.8 Å². The molecule has 0 atom stereocenters. The van der Waals surface area contributed by atoms with Crippen LogP contribution in [0.1, 0.15) is 43.6 Å². The highest BCUT2D eigenvalue weighted by Crippen LogP contribution is 2.20. The van der Waals surface area contributed by atoms with Crippen LogP contribution in [0.15, 0.2) is 22.7 Å². The molecule has 106 valence electrons. The SMILES string of the molecule is Cc1ccc(Br)cc1C(=O)NCC(C(C)C)C(C)C. The lowest BCUT2D eigenvalue weighted by Gasteiger charge is -2.25. The summed E-state index contributed by atoms with van der Waals surface area (Å²) in [6.45, 7) is 11.5. The molecule has 1 N–H and O–H groups in total. The van der Waals surface area contributed by atoms with E-state index in [1.165, 1.54) is 0 Å². The third kappa shape index (κ3) is 4.64. The molecule has 0 heterocycles. The number of hydrogen-bond acceptors (Lipinski definition) is 1. The Bertz CT molecular complexity index is 432. The number of benzene rings is 1. The number of rotatable bonds is 5. The molecule has 1 amide bonds. The summed E-state index contributed by atoms with van der Waals surface area (Å²) in [6, 6.07) is 5.79. The molecule has 1 aromatic carbocycles. The van der Waals surface area contributed by atoms with Gasteiger partial charge in [0.1, 0.15) is 0 Å². The van der Waals surface area contributed by atoms with Crippen LogP contribution < -0.4 is 5.32 Å². The molecule has 0 saturated carbocycles. The Kier molecular flexibility index (Phi) is 6.05. The van der Waals surface area contributed by atoms with Gasteiger partial charge in [-0.05, 0) is 42.4 Å². The van der Waals surface area contributed by atoms with Crippen molar-refractivity contribution >= 4 is 21.8 Å². The van der Waals surface area contributed by atoms with E-state index in [4.69, 9.17) is 0 Å². The second-order valence-electron chi connectivity index (χ2n) is 5.82. The third-order valence-electron chi connectivity index (χ3n) is 3.66. The van der Waals surface area contributed by atoms with Crippen molar-refractivity contribution in [2.75, 3.05) is 6.54 Å². The van der Waals surface area contributed by atoms with Crippen molar-refractivity contribution in [2.24, 2.45) is 17.8 Å². The van der Waals surface area contributed by atoms with Crippen molar-refractivity contribution < 1.29 is 4.79 Å². The Balaban J connectivity index is 2.72. The molecular formula is C16H24BrNO. The number of halogens is 1. The van der Waals surface area contributed by atoms with E-state index in [0.29, 0.717) is 17.8 Å². The molecule has 1 rings (SSSR count). The van der Waals surface area contributed by atoms with Gasteiger partial charge in [-0.15, -0.1) is 0 Å². The molecule has 0 saturated heterocycles. The van der Waals surface area contributed by atoms with E-state index in [2.05, 4.69) is 48.9 Å². The van der Waals surface area contributed by atoms with Gasteiger partial charge in [0.05, 0.1) is 0 Å². The molecule has 0 bridgehead atoms. The normalized spacial score (nSPS) is 11.4. The summed E-state index contributed by atoms with van der Waals surface area (Å²) in [7, 11) is 0. The molecule has 0 spiro atoms. The summed E-state index contributed by atoms with van der Waals surface area (Å²) >= 11 is 3.41. The molecule has 0 aromatic heterocycles. The Labute approximate surface area is 125 Å². The molecule has 0 aliphatic heterocycles. The van der Waals surface area contributed by atoms with E-state index in [9.17, 15) is 4.79 Å². The summed E-state index contributed by atoms with van der Waals surface area (Å²) in [4.78, 5) is 12.2. The molecule has 0 unspecified atom stereocenters. The van der Waals surface area contributed by atoms with Gasteiger partial charge in [0.15, 0.2) is 0 Å². The van der Waals surface area contributed by atoms with Crippen LogP contribution in [-0.2, 0) is 0 Å². The lowest BCUT2D eigenvalue weighted by molar-refractivity contribution is 0.0936. The Morgan fingerprint density at radius 2 is 1.79 bits per heavy atom. The highest BCUT2D eigenvalue weighted by molar-refractivity contribution is 9.10. The highest BCUT2D eigenvalue weighted by atomic mass is 79.9. The monoisotopic (exact) mass is 325 g/mol. The third-order valence-corrected chi connectivity index (χ3v) is 4.15. The minimum absolute atomic E-state index is 0.0186. The average molecular weight is 326 g/mol. The first-order chi connectivity index (χ1) is 8.82. The predicted molar refractivity (Wildman–Crippen MR) is 84.4 cm³/mol. The maximum Gasteiger partial charge on any atom is 0.251 e. The molecule has 0 aliphatic carbocycles. The summed E-state index contributed by atoms with van der Waals surface area (Å²) in [5.41, 5.74) is 1.76. The molecule has 2 nitrogen and oxygen atoms in total. The number of carbonyl (C=O) groups excluding carboxylic acids is 1. The van der Waals surface area contributed by atoms with Crippen molar-refractivity contribution in [3.8, 4) is 0 Å². The van der Waals surface area contributed by atoms with Crippen LogP contribution >= 0.6 is 15.9 Å². The quantitative estimate of drug-likeness (QED) is 0.853. The fourth-order valence-electron chi connectivity index (χ4n) is 2.39. The van der Waals surface area contributed by atoms with Crippen LogP contribution in [0.5, 0.6) is 0 Å². The van der Waals surface area contributed by atoms with E-state index < -0.39 is 0 Å². The lowest BCUT2D eigenvalue weighted by Crippen LogP contribution is -2.34. The molecule has 0 aliphatic rings. The zero-order valence-electron chi connectivity index (χ0n) is 12.5. The second kappa shape index (κ2) is 7.09. The average Bonchev–Trinajstić information content (AvgIpc) is 2.31. The van der Waals surface area contributed by atoms with Gasteiger partial charge in [0.25, 0.3) is 5.91 Å². The molecule has 19 heavy (non-hydrogen) atoms. The second-order valence-corrected chi connectivity index (χ2v) is 6.74. The number of hydrogen-bond donors (Lipinski definition) is 1. The highest BCUT2D eigenvalue weighted by Gasteiger charge is 2.19. The minimum Gasteiger partial charge on any atom is -0.352 e. The summed E-state index contributed by atoms with van der Waals surface area (Å²) in [6.07, 6.45) is 0. The van der Waals surface area contributed by atoms with Crippen molar-refractivity contribution in [2.45, 2.75) is 34.6 Å². The summed E-state index contributed by atoms with van der Waals surface area (Å²) < 4.78 is 0.938. The van der Waals surface area contributed by atoms with Gasteiger partial charge in [0.2, 0.25) is 0 Å². The Morgan fingerprint density at radius 3 is 2.32 bits per heavy atom. The van der Waals surface area contributed by atoms with Crippen molar-refractivity contribution in [1.29, 1.82) is 0 Å². The largest absolute Gasteiger partial charge is 0.352 e. The van der Waals surface area contributed by atoms with E-state index in [1.807, 2.05) is 25.1 Å². The van der Waals surface area contributed by atoms with Crippen LogP contribution in [0.2, 0.25) is 0 Å². The fourth-order valence-corrected chi connectivity index (χ4v) is 2.75. The fraction of sp³-hybridized carbons (Fsp3) is 0.562. The van der Waals surface area contributed by atoms with Crippen molar-refractivity contribution in [1.82, 2.24) is 5.32 Å². The molecular weight excluding hydrogens is 302 g/mol. The number of amides is 1. The Morgan fingerprint density at radius 1 is 1.21 bits per heavy atom. The smallest absolute Gasteiger partial charge is 0.251 e. The molecule has 1 aromatic rings. The maximum absolute atomic E-state index is 12.2. The lowest BCUT2D eigenvalue weighted by atomic mass is 9.85. The van der Waals surface area contributed by atoms with Gasteiger partial charge in [-0.2, -0.15) is 0 Å². The van der Waals surface area contributed by atoms with Gasteiger partial charge in [-0.3, -0.25) is 4.79 Å². The predicted octanol–water partition coefficient (Wildman–Crippen LogP) is 4.42. The van der Waals surface area contributed by atoms with Crippen LogP contribution in [0.3, 0.4) is 0 Å². The maximum atomic E-state index is 12.2. The summed E-state index contributed by atoms with van der Waals surface area (Å²) in [5, 5.41) is 3.07. The standard InChI is InChI=1S/C16H24BrNO/c1-10(2)15(11(3)4)9-18-16(19)14-8-13(17)7-6-12(14)5/h6-8,10-11,15H,9H2,1-5H3,(H,18,19). The number of carbonyl (C=O) groups is 1. The molecule has 3 heteroatoms. The minimum atomic E-state index is 0.0186. The van der Waals surface area contributed by atoms with E-state index in [-0.39, 0.29) is 5.91 Å². The van der Waals surface area contributed by atoms with E-state index in [1.54, 1.807) is 0 Å². The van der Waals surface area contributed by atoms with E-state index in [0.717, 1.165) is 22.1 Å². The van der Waals surface area contributed by atoms with E-state index >= 15 is 0 Å². The van der Waals surface area contributed by atoms with Crippen LogP contribution in [0.25, 0.3) is 0 Å². The topological polar surface area (TPSA) is 29.1 Å². The van der Waals surface area contributed by atoms with Gasteiger partial charge >= 0.3 is 0 Å². The Hall–Kier alpha value is -0.830. The number of nitrogens with one attached hydrogen (secondary N) is 1. The summed E-state index contributed by atoms with van der Waals surface area (Å²) in [5.74, 6) is 1.68. The molecule has 0 radical (unpaired) electrons. The van der Waals surface area contributed by atoms with Gasteiger partial charge < -0.3 is 5.32 Å². The van der Waals surface area contributed by atoms with Gasteiger partial charge in [-0.1, -0.05) is 49.7 Å². The zero-order chi connectivity index (χ0) is 14.6. The van der Waals surface area contributed by atoms with Crippen LogP contribution in [-0.4, -0.2) is 12.5 Å². The first-order valence-electron chi connectivity index (χ1n) is 6.87. The zero-order valence-corrected chi connectivity index (χ0v) is 14.0. The van der Waals surface area contributed by atoms with Gasteiger partial charge in [0, 0.05) is 16.6 Å². The number of aryl methyl sites for hydroxylation is 1. The first kappa shape index (κ1) is 16.2. The first-order valence-corrected chi connectivity index (χ1v) is 7.66. The molecule has 0 fully saturated rings. The van der Waals surface area contributed by atoms with Crippen LogP contribution in [0, 0.1) is 24.7 Å². The van der Waals surface area contributed by atoms with Crippen LogP contribution in [0.4, 0.5) is 0 Å².